The lowest BCUT2D eigenvalue weighted by Crippen LogP contribution is -2.02. The van der Waals surface area contributed by atoms with Crippen LogP contribution in [-0.4, -0.2) is 0 Å². The molecule has 0 fully saturated rings. The van der Waals surface area contributed by atoms with Crippen molar-refractivity contribution in [1.82, 2.24) is 5.00 Å². The van der Waals surface area contributed by atoms with Crippen molar-refractivity contribution in [2.75, 3.05) is 0 Å². The highest BCUT2D eigenvalue weighted by atomic mass is 35.5. The van der Waals surface area contributed by atoms with Crippen molar-refractivity contribution >= 4 is 11.8 Å². The largest absolute Gasteiger partial charge is 0.282 e. The molecule has 0 saturated heterocycles. The van der Waals surface area contributed by atoms with Crippen LogP contribution in [0.25, 0.3) is 0 Å². The van der Waals surface area contributed by atoms with Gasteiger partial charge in [-0.15, -0.1) is 5.00 Å². The van der Waals surface area contributed by atoms with Gasteiger partial charge in [0.2, 0.25) is 0 Å². The maximum Gasteiger partial charge on any atom is 0.128 e. The van der Waals surface area contributed by atoms with E-state index in [1.807, 2.05) is 5.00 Å². The second kappa shape index (κ2) is 4.28. The maximum atomic E-state index is 12.8. The number of benzene rings is 1. The normalized spacial score (nSPS) is 10.0. The van der Waals surface area contributed by atoms with E-state index in [4.69, 9.17) is 11.8 Å². The lowest BCUT2D eigenvalue weighted by molar-refractivity contribution is 0.0796. The summed E-state index contributed by atoms with van der Waals surface area (Å²) >= 11 is 5.01. The zero-order chi connectivity index (χ0) is 8.10. The summed E-state index contributed by atoms with van der Waals surface area (Å²) in [7, 11) is 0. The summed E-state index contributed by atoms with van der Waals surface area (Å²) in [4.78, 5) is 6.52. The van der Waals surface area contributed by atoms with Crippen molar-refractivity contribution in [3.05, 3.63) is 35.6 Å². The first kappa shape index (κ1) is 8.46. The van der Waals surface area contributed by atoms with E-state index >= 15 is 0 Å². The lowest BCUT2D eigenvalue weighted by Gasteiger charge is -2.00. The Morgan fingerprint density at radius 1 is 1.45 bits per heavy atom. The number of hydrogen-bond donors (Lipinski definition) is 1. The minimum atomic E-state index is -0.292. The molecule has 60 valence electrons. The van der Waals surface area contributed by atoms with Crippen molar-refractivity contribution < 1.29 is 9.23 Å². The smallest absolute Gasteiger partial charge is 0.128 e. The van der Waals surface area contributed by atoms with Gasteiger partial charge in [0.1, 0.15) is 5.82 Å². The molecule has 0 amide bonds. The van der Waals surface area contributed by atoms with Gasteiger partial charge in [0.15, 0.2) is 0 Å². The second-order valence-electron chi connectivity index (χ2n) is 1.96. The summed E-state index contributed by atoms with van der Waals surface area (Å²) < 4.78 is 12.8. The van der Waals surface area contributed by atoms with Gasteiger partial charge in [0.05, 0.1) is 6.61 Å². The van der Waals surface area contributed by atoms with Crippen molar-refractivity contribution in [3.63, 3.8) is 0 Å². The van der Waals surface area contributed by atoms with Crippen molar-refractivity contribution in [2.24, 2.45) is 0 Å². The van der Waals surface area contributed by atoms with Gasteiger partial charge in [-0.3, -0.25) is 4.84 Å². The fraction of sp³-hybridized carbons (Fsp3) is 0.143. The van der Waals surface area contributed by atoms with E-state index in [2.05, 4.69) is 4.84 Å². The Balaban J connectivity index is 2.62. The van der Waals surface area contributed by atoms with Crippen LogP contribution in [0, 0.1) is 5.82 Å². The third kappa shape index (κ3) is 2.46. The first-order valence-electron chi connectivity index (χ1n) is 3.05. The van der Waals surface area contributed by atoms with Gasteiger partial charge < -0.3 is 0 Å². The molecule has 0 radical (unpaired) electrons. The Morgan fingerprint density at radius 2 is 2.18 bits per heavy atom. The fourth-order valence-corrected chi connectivity index (χ4v) is 0.775. The molecule has 1 aromatic carbocycles. The molecule has 11 heavy (non-hydrogen) atoms. The van der Waals surface area contributed by atoms with Crippen LogP contribution >= 0.6 is 11.8 Å². The second-order valence-corrected chi connectivity index (χ2v) is 2.11. The van der Waals surface area contributed by atoms with Crippen LogP contribution in [0.3, 0.4) is 0 Å². The van der Waals surface area contributed by atoms with E-state index in [1.165, 1.54) is 6.07 Å². The molecule has 0 aliphatic rings. The predicted octanol–water partition coefficient (Wildman–Crippen LogP) is 2.00. The topological polar surface area (TPSA) is 21.3 Å². The molecule has 1 aromatic rings. The quantitative estimate of drug-likeness (QED) is 0.561. The van der Waals surface area contributed by atoms with E-state index < -0.39 is 0 Å². The molecular formula is C7H7ClFNO. The summed E-state index contributed by atoms with van der Waals surface area (Å²) in [6.45, 7) is 0.121. The average Bonchev–Trinajstić information content (AvgIpc) is 2.03. The van der Waals surface area contributed by atoms with Gasteiger partial charge in [-0.05, 0) is 6.07 Å². The van der Waals surface area contributed by atoms with Gasteiger partial charge in [-0.1, -0.05) is 18.2 Å². The van der Waals surface area contributed by atoms with E-state index in [9.17, 15) is 4.39 Å². The van der Waals surface area contributed by atoms with E-state index in [1.54, 1.807) is 18.2 Å². The maximum absolute atomic E-state index is 12.8. The van der Waals surface area contributed by atoms with Crippen molar-refractivity contribution in [2.45, 2.75) is 6.61 Å². The molecule has 0 heterocycles. The predicted molar refractivity (Wildman–Crippen MR) is 40.2 cm³/mol. The van der Waals surface area contributed by atoms with Gasteiger partial charge >= 0.3 is 0 Å². The van der Waals surface area contributed by atoms with Crippen LogP contribution in [-0.2, 0) is 11.4 Å². The Hall–Kier alpha value is -0.640. The molecule has 0 aromatic heterocycles. The van der Waals surface area contributed by atoms with Crippen LogP contribution in [0.2, 0.25) is 0 Å². The summed E-state index contributed by atoms with van der Waals surface area (Å²) in [6, 6.07) is 6.35. The van der Waals surface area contributed by atoms with Crippen LogP contribution in [0.4, 0.5) is 4.39 Å². The number of nitrogens with one attached hydrogen (secondary N) is 1. The first-order chi connectivity index (χ1) is 5.34. The standard InChI is InChI=1S/C7H7ClFNO/c8-10-11-5-6-3-1-2-4-7(6)9/h1-4,10H,5H2. The SMILES string of the molecule is Fc1ccccc1CONCl. The molecule has 0 atom stereocenters. The van der Waals surface area contributed by atoms with Crippen molar-refractivity contribution in [1.29, 1.82) is 0 Å². The molecule has 0 spiro atoms. The molecule has 1 rings (SSSR count). The van der Waals surface area contributed by atoms with E-state index in [0.717, 1.165) is 0 Å². The lowest BCUT2D eigenvalue weighted by atomic mass is 10.2. The van der Waals surface area contributed by atoms with E-state index in [-0.39, 0.29) is 12.4 Å². The first-order valence-corrected chi connectivity index (χ1v) is 3.43. The highest BCUT2D eigenvalue weighted by Crippen LogP contribution is 2.06. The van der Waals surface area contributed by atoms with Gasteiger partial charge in [-0.25, -0.2) is 4.39 Å². The third-order valence-corrected chi connectivity index (χ3v) is 1.35. The Morgan fingerprint density at radius 3 is 2.82 bits per heavy atom. The van der Waals surface area contributed by atoms with Crippen LogP contribution < -0.4 is 5.00 Å². The number of rotatable bonds is 3. The molecular weight excluding hydrogens is 169 g/mol. The average molecular weight is 176 g/mol. The highest BCUT2D eigenvalue weighted by molar-refractivity contribution is 6.12. The fourth-order valence-electron chi connectivity index (χ4n) is 0.720. The zero-order valence-electron chi connectivity index (χ0n) is 5.68. The molecule has 1 N–H and O–H groups in total. The van der Waals surface area contributed by atoms with Gasteiger partial charge in [0.25, 0.3) is 0 Å². The van der Waals surface area contributed by atoms with Gasteiger partial charge in [0, 0.05) is 17.3 Å². The Labute approximate surface area is 69.0 Å². The highest BCUT2D eigenvalue weighted by Gasteiger charge is 1.98. The monoisotopic (exact) mass is 175 g/mol. The molecule has 0 aliphatic carbocycles. The zero-order valence-corrected chi connectivity index (χ0v) is 6.44. The number of halogens is 2. The summed E-state index contributed by atoms with van der Waals surface area (Å²) in [6.07, 6.45) is 0. The molecule has 0 saturated carbocycles. The minimum Gasteiger partial charge on any atom is -0.282 e. The van der Waals surface area contributed by atoms with Gasteiger partial charge in [-0.2, -0.15) is 0 Å². The molecule has 2 nitrogen and oxygen atoms in total. The summed E-state index contributed by atoms with van der Waals surface area (Å²) in [5, 5.41) is 0. The minimum absolute atomic E-state index is 0.121. The number of hydrogen-bond acceptors (Lipinski definition) is 2. The van der Waals surface area contributed by atoms with E-state index in [0.29, 0.717) is 5.56 Å². The van der Waals surface area contributed by atoms with Crippen LogP contribution in [0.1, 0.15) is 5.56 Å². The molecule has 4 heteroatoms. The molecule has 0 unspecified atom stereocenters. The third-order valence-electron chi connectivity index (χ3n) is 1.24. The Kier molecular flexibility index (Phi) is 3.29. The van der Waals surface area contributed by atoms with Crippen LogP contribution in [0.5, 0.6) is 0 Å². The van der Waals surface area contributed by atoms with Crippen molar-refractivity contribution in [3.8, 4) is 0 Å². The molecule has 0 bridgehead atoms. The van der Waals surface area contributed by atoms with Crippen LogP contribution in [0.15, 0.2) is 24.3 Å². The summed E-state index contributed by atoms with van der Waals surface area (Å²) in [5.74, 6) is -0.292. The molecule has 0 aliphatic heterocycles. The summed E-state index contributed by atoms with van der Waals surface area (Å²) in [5.41, 5.74) is 0.473. The Bertz CT molecular complexity index is 231.